The van der Waals surface area contributed by atoms with Gasteiger partial charge >= 0.3 is 6.03 Å². The van der Waals surface area contributed by atoms with Crippen molar-refractivity contribution in [3.05, 3.63) is 24.3 Å². The van der Waals surface area contributed by atoms with E-state index in [1.807, 2.05) is 0 Å². The molecule has 0 bridgehead atoms. The summed E-state index contributed by atoms with van der Waals surface area (Å²) in [5, 5.41) is 11.7. The second-order valence-corrected chi connectivity index (χ2v) is 4.12. The Labute approximate surface area is 108 Å². The lowest BCUT2D eigenvalue weighted by molar-refractivity contribution is 0.187. The van der Waals surface area contributed by atoms with Gasteiger partial charge in [-0.15, -0.1) is 0 Å². The molecule has 0 aliphatic carbocycles. The number of nitrogens with one attached hydrogen (secondary N) is 1. The van der Waals surface area contributed by atoms with Crippen molar-refractivity contribution >= 4 is 17.4 Å². The summed E-state index contributed by atoms with van der Waals surface area (Å²) in [6.07, 6.45) is 1.93. The molecule has 0 aromatic heterocycles. The van der Waals surface area contributed by atoms with Crippen molar-refractivity contribution in [1.29, 1.82) is 0 Å². The molecule has 0 fully saturated rings. The monoisotopic (exact) mass is 251 g/mol. The number of nitrogens with zero attached hydrogens (tertiary/aromatic N) is 1. The number of urea groups is 1. The summed E-state index contributed by atoms with van der Waals surface area (Å²) in [7, 11) is 0. The van der Waals surface area contributed by atoms with Crippen molar-refractivity contribution < 1.29 is 9.90 Å². The van der Waals surface area contributed by atoms with Crippen molar-refractivity contribution in [3.63, 3.8) is 0 Å². The minimum Gasteiger partial charge on any atom is -0.399 e. The predicted octanol–water partition coefficient (Wildman–Crippen LogP) is 1.90. The first kappa shape index (κ1) is 14.3. The Kier molecular flexibility index (Phi) is 6.00. The number of carbonyl (C=O) groups is 1. The van der Waals surface area contributed by atoms with Crippen LogP contribution in [0.3, 0.4) is 0 Å². The van der Waals surface area contributed by atoms with E-state index in [-0.39, 0.29) is 12.6 Å². The van der Waals surface area contributed by atoms with Gasteiger partial charge in [0, 0.05) is 24.5 Å². The first-order chi connectivity index (χ1) is 8.67. The molecular weight excluding hydrogens is 230 g/mol. The first-order valence-electron chi connectivity index (χ1n) is 6.19. The normalized spacial score (nSPS) is 10.1. The molecular formula is C13H21N3O2. The van der Waals surface area contributed by atoms with Crippen molar-refractivity contribution in [2.75, 3.05) is 30.7 Å². The number of unbranched alkanes of at least 4 members (excludes halogenated alkanes) is 1. The molecule has 0 saturated carbocycles. The number of rotatable bonds is 6. The number of anilines is 2. The van der Waals surface area contributed by atoms with E-state index in [4.69, 9.17) is 10.8 Å². The fraction of sp³-hybridized carbons (Fsp3) is 0.462. The Morgan fingerprint density at radius 1 is 1.44 bits per heavy atom. The lowest BCUT2D eigenvalue weighted by Gasteiger charge is -2.22. The lowest BCUT2D eigenvalue weighted by atomic mass is 10.3. The van der Waals surface area contributed by atoms with E-state index in [9.17, 15) is 4.79 Å². The van der Waals surface area contributed by atoms with Crippen LogP contribution in [0.1, 0.15) is 19.8 Å². The van der Waals surface area contributed by atoms with Crippen molar-refractivity contribution in [1.82, 2.24) is 4.90 Å². The molecule has 5 heteroatoms. The van der Waals surface area contributed by atoms with Crippen LogP contribution in [-0.2, 0) is 0 Å². The maximum Gasteiger partial charge on any atom is 0.321 e. The number of amides is 2. The Morgan fingerprint density at radius 3 is 2.83 bits per heavy atom. The van der Waals surface area contributed by atoms with E-state index in [2.05, 4.69) is 12.2 Å². The second-order valence-electron chi connectivity index (χ2n) is 4.12. The molecule has 0 unspecified atom stereocenters. The van der Waals surface area contributed by atoms with Crippen LogP contribution in [0, 0.1) is 0 Å². The minimum atomic E-state index is -0.205. The van der Waals surface area contributed by atoms with Gasteiger partial charge in [0.25, 0.3) is 0 Å². The third kappa shape index (κ3) is 4.63. The number of carbonyl (C=O) groups excluding carboxylic acids is 1. The van der Waals surface area contributed by atoms with Gasteiger partial charge in [-0.2, -0.15) is 0 Å². The summed E-state index contributed by atoms with van der Waals surface area (Å²) >= 11 is 0. The number of nitrogen functional groups attached to an aromatic ring is 1. The average molecular weight is 251 g/mol. The molecule has 5 nitrogen and oxygen atoms in total. The Hall–Kier alpha value is -1.75. The third-order valence-electron chi connectivity index (χ3n) is 2.58. The summed E-state index contributed by atoms with van der Waals surface area (Å²) < 4.78 is 0. The van der Waals surface area contributed by atoms with Crippen LogP contribution >= 0.6 is 0 Å². The van der Waals surface area contributed by atoms with E-state index >= 15 is 0 Å². The van der Waals surface area contributed by atoms with Crippen LogP contribution < -0.4 is 11.1 Å². The molecule has 1 aromatic carbocycles. The molecule has 18 heavy (non-hydrogen) atoms. The van der Waals surface area contributed by atoms with Crippen LogP contribution in [0.15, 0.2) is 24.3 Å². The van der Waals surface area contributed by atoms with Crippen LogP contribution in [0.25, 0.3) is 0 Å². The Balaban J connectivity index is 2.60. The predicted molar refractivity (Wildman–Crippen MR) is 73.4 cm³/mol. The molecule has 0 heterocycles. The quantitative estimate of drug-likeness (QED) is 0.676. The van der Waals surface area contributed by atoms with Gasteiger partial charge in [0.2, 0.25) is 0 Å². The number of aliphatic hydroxyl groups excluding tert-OH is 1. The zero-order valence-electron chi connectivity index (χ0n) is 10.7. The highest BCUT2D eigenvalue weighted by molar-refractivity contribution is 5.89. The fourth-order valence-corrected chi connectivity index (χ4v) is 1.60. The fourth-order valence-electron chi connectivity index (χ4n) is 1.60. The van der Waals surface area contributed by atoms with Crippen LogP contribution in [0.5, 0.6) is 0 Å². The molecule has 0 saturated heterocycles. The highest BCUT2D eigenvalue weighted by Crippen LogP contribution is 2.12. The average Bonchev–Trinajstić information content (AvgIpc) is 2.34. The van der Waals surface area contributed by atoms with E-state index in [0.717, 1.165) is 12.8 Å². The Morgan fingerprint density at radius 2 is 2.22 bits per heavy atom. The van der Waals surface area contributed by atoms with Gasteiger partial charge in [0.1, 0.15) is 0 Å². The summed E-state index contributed by atoms with van der Waals surface area (Å²) in [5.41, 5.74) is 6.92. The zero-order valence-corrected chi connectivity index (χ0v) is 10.7. The van der Waals surface area contributed by atoms with Crippen molar-refractivity contribution in [3.8, 4) is 0 Å². The molecule has 0 spiro atoms. The second kappa shape index (κ2) is 7.55. The van der Waals surface area contributed by atoms with Gasteiger partial charge in [-0.3, -0.25) is 0 Å². The molecule has 0 aliphatic heterocycles. The maximum absolute atomic E-state index is 12.0. The lowest BCUT2D eigenvalue weighted by Crippen LogP contribution is -2.37. The number of hydrogen-bond donors (Lipinski definition) is 3. The van der Waals surface area contributed by atoms with E-state index < -0.39 is 0 Å². The topological polar surface area (TPSA) is 78.6 Å². The summed E-state index contributed by atoms with van der Waals surface area (Å²) in [6.45, 7) is 3.01. The first-order valence-corrected chi connectivity index (χ1v) is 6.19. The highest BCUT2D eigenvalue weighted by atomic mass is 16.3. The standard InChI is InChI=1S/C13H21N3O2/c1-2-3-7-16(8-9-17)13(18)15-12-6-4-5-11(14)10-12/h4-6,10,17H,2-3,7-9,14H2,1H3,(H,15,18). The number of aliphatic hydroxyl groups is 1. The summed E-state index contributed by atoms with van der Waals surface area (Å²) in [6, 6.07) is 6.83. The Bertz CT molecular complexity index is 382. The van der Waals surface area contributed by atoms with E-state index in [1.54, 1.807) is 29.2 Å². The van der Waals surface area contributed by atoms with Crippen molar-refractivity contribution in [2.24, 2.45) is 0 Å². The molecule has 0 aliphatic rings. The van der Waals surface area contributed by atoms with Gasteiger partial charge in [-0.05, 0) is 24.6 Å². The van der Waals surface area contributed by atoms with E-state index in [1.165, 1.54) is 0 Å². The maximum atomic E-state index is 12.0. The number of benzene rings is 1. The van der Waals surface area contributed by atoms with Gasteiger partial charge < -0.3 is 21.1 Å². The van der Waals surface area contributed by atoms with Gasteiger partial charge in [0.05, 0.1) is 6.61 Å². The SMILES string of the molecule is CCCCN(CCO)C(=O)Nc1cccc(N)c1. The molecule has 0 radical (unpaired) electrons. The summed E-state index contributed by atoms with van der Waals surface area (Å²) in [4.78, 5) is 13.6. The van der Waals surface area contributed by atoms with Gasteiger partial charge in [-0.25, -0.2) is 4.79 Å². The van der Waals surface area contributed by atoms with Crippen LogP contribution in [0.2, 0.25) is 0 Å². The number of nitrogens with two attached hydrogens (primary N) is 1. The molecule has 1 aromatic rings. The van der Waals surface area contributed by atoms with Gasteiger partial charge in [0.15, 0.2) is 0 Å². The zero-order chi connectivity index (χ0) is 13.4. The van der Waals surface area contributed by atoms with E-state index in [0.29, 0.717) is 24.5 Å². The highest BCUT2D eigenvalue weighted by Gasteiger charge is 2.12. The minimum absolute atomic E-state index is 0.0337. The molecule has 1 rings (SSSR count). The number of hydrogen-bond acceptors (Lipinski definition) is 3. The largest absolute Gasteiger partial charge is 0.399 e. The molecule has 100 valence electrons. The van der Waals surface area contributed by atoms with Crippen LogP contribution in [-0.4, -0.2) is 35.7 Å². The molecule has 4 N–H and O–H groups in total. The smallest absolute Gasteiger partial charge is 0.321 e. The molecule has 0 atom stereocenters. The van der Waals surface area contributed by atoms with Crippen molar-refractivity contribution in [2.45, 2.75) is 19.8 Å². The summed E-state index contributed by atoms with van der Waals surface area (Å²) in [5.74, 6) is 0. The van der Waals surface area contributed by atoms with Gasteiger partial charge in [-0.1, -0.05) is 19.4 Å². The third-order valence-corrected chi connectivity index (χ3v) is 2.58. The van der Waals surface area contributed by atoms with Crippen LogP contribution in [0.4, 0.5) is 16.2 Å². The molecule has 2 amide bonds.